The zero-order valence-electron chi connectivity index (χ0n) is 13.1. The van der Waals surface area contributed by atoms with Crippen molar-refractivity contribution in [3.05, 3.63) is 52.8 Å². The summed E-state index contributed by atoms with van der Waals surface area (Å²) in [7, 11) is 0. The molecule has 0 spiro atoms. The normalized spacial score (nSPS) is 13.6. The first kappa shape index (κ1) is 16.0. The molecule has 1 saturated carbocycles. The van der Waals surface area contributed by atoms with Crippen LogP contribution in [-0.2, 0) is 0 Å². The lowest BCUT2D eigenvalue weighted by atomic mass is 9.93. The highest BCUT2D eigenvalue weighted by atomic mass is 19.1. The maximum absolute atomic E-state index is 14.5. The fourth-order valence-corrected chi connectivity index (χ4v) is 2.56. The summed E-state index contributed by atoms with van der Waals surface area (Å²) in [5.74, 6) is -2.58. The maximum Gasteiger partial charge on any atom is 0.251 e. The molecule has 0 heterocycles. The average molecular weight is 328 g/mol. The van der Waals surface area contributed by atoms with Crippen LogP contribution in [0.3, 0.4) is 0 Å². The highest BCUT2D eigenvalue weighted by molar-refractivity contribution is 6.02. The summed E-state index contributed by atoms with van der Waals surface area (Å²) in [5, 5.41) is 12.5. The number of aryl methyl sites for hydroxylation is 1. The van der Waals surface area contributed by atoms with E-state index in [-0.39, 0.29) is 23.1 Å². The van der Waals surface area contributed by atoms with Gasteiger partial charge in [0, 0.05) is 17.2 Å². The van der Waals surface area contributed by atoms with E-state index in [0.29, 0.717) is 16.7 Å². The number of nitrogens with one attached hydrogen (secondary N) is 1. The van der Waals surface area contributed by atoms with Gasteiger partial charge in [0.15, 0.2) is 11.6 Å². The lowest BCUT2D eigenvalue weighted by molar-refractivity contribution is 0.0950. The molecule has 3 rings (SSSR count). The van der Waals surface area contributed by atoms with E-state index >= 15 is 0 Å². The number of nitrogens with two attached hydrogens (primary N) is 1. The fraction of sp³-hybridized carbons (Fsp3) is 0.222. The van der Waals surface area contributed by atoms with Crippen molar-refractivity contribution >= 4 is 11.8 Å². The third-order valence-electron chi connectivity index (χ3n) is 4.07. The van der Waals surface area contributed by atoms with Crippen LogP contribution < -0.4 is 11.1 Å². The van der Waals surface area contributed by atoms with Crippen LogP contribution in [0.25, 0.3) is 11.1 Å². The van der Waals surface area contributed by atoms with E-state index in [1.807, 2.05) is 0 Å². The minimum absolute atomic E-state index is 0.0480. The molecule has 0 radical (unpaired) electrons. The lowest BCUT2D eigenvalue weighted by Gasteiger charge is -2.14. The summed E-state index contributed by atoms with van der Waals surface area (Å²) in [6.45, 7) is 1.73. The van der Waals surface area contributed by atoms with E-state index in [2.05, 4.69) is 5.32 Å². The Bertz CT molecular complexity index is 844. The topological polar surface area (TPSA) is 92.4 Å². The second-order valence-electron chi connectivity index (χ2n) is 5.96. The number of rotatable bonds is 4. The van der Waals surface area contributed by atoms with Crippen LogP contribution in [0.1, 0.15) is 39.1 Å². The predicted octanol–water partition coefficient (Wildman–Crippen LogP) is 2.50. The molecule has 124 valence electrons. The molecule has 24 heavy (non-hydrogen) atoms. The van der Waals surface area contributed by atoms with Gasteiger partial charge in [-0.3, -0.25) is 9.59 Å². The van der Waals surface area contributed by atoms with Crippen molar-refractivity contribution in [2.45, 2.75) is 25.8 Å². The first-order valence-corrected chi connectivity index (χ1v) is 7.61. The van der Waals surface area contributed by atoms with E-state index in [0.717, 1.165) is 18.9 Å². The lowest BCUT2D eigenvalue weighted by Crippen LogP contribution is -2.25. The summed E-state index contributed by atoms with van der Waals surface area (Å²) in [4.78, 5) is 23.9. The van der Waals surface area contributed by atoms with Gasteiger partial charge < -0.3 is 16.2 Å². The molecule has 0 aliphatic heterocycles. The average Bonchev–Trinajstić information content (AvgIpc) is 3.34. The molecule has 5 nitrogen and oxygen atoms in total. The molecule has 1 fully saturated rings. The largest absolute Gasteiger partial charge is 0.505 e. The number of phenols is 1. The van der Waals surface area contributed by atoms with Gasteiger partial charge in [-0.25, -0.2) is 4.39 Å². The minimum atomic E-state index is -0.936. The number of hydrogen-bond acceptors (Lipinski definition) is 3. The van der Waals surface area contributed by atoms with Crippen LogP contribution in [0.4, 0.5) is 4.39 Å². The molecule has 0 aromatic heterocycles. The van der Waals surface area contributed by atoms with E-state index in [4.69, 9.17) is 5.73 Å². The van der Waals surface area contributed by atoms with Crippen LogP contribution in [0, 0.1) is 12.7 Å². The van der Waals surface area contributed by atoms with Crippen molar-refractivity contribution < 1.29 is 19.1 Å². The van der Waals surface area contributed by atoms with Gasteiger partial charge >= 0.3 is 0 Å². The molecule has 0 atom stereocenters. The summed E-state index contributed by atoms with van der Waals surface area (Å²) in [6, 6.07) is 7.37. The number of amides is 2. The minimum Gasteiger partial charge on any atom is -0.505 e. The van der Waals surface area contributed by atoms with Crippen LogP contribution in [0.15, 0.2) is 30.3 Å². The summed E-state index contributed by atoms with van der Waals surface area (Å²) >= 11 is 0. The molecule has 2 aromatic carbocycles. The number of aromatic hydroxyl groups is 1. The zero-order valence-corrected chi connectivity index (χ0v) is 13.1. The van der Waals surface area contributed by atoms with E-state index in [1.54, 1.807) is 19.1 Å². The first-order chi connectivity index (χ1) is 11.4. The van der Waals surface area contributed by atoms with Crippen LogP contribution >= 0.6 is 0 Å². The van der Waals surface area contributed by atoms with Gasteiger partial charge in [0.2, 0.25) is 5.91 Å². The Labute approximate surface area is 138 Å². The molecule has 0 bridgehead atoms. The van der Waals surface area contributed by atoms with Gasteiger partial charge in [-0.15, -0.1) is 0 Å². The Kier molecular flexibility index (Phi) is 3.97. The Hall–Kier alpha value is -2.89. The maximum atomic E-state index is 14.5. The highest BCUT2D eigenvalue weighted by Crippen LogP contribution is 2.34. The van der Waals surface area contributed by atoms with Crippen molar-refractivity contribution in [3.8, 4) is 16.9 Å². The molecule has 2 amide bonds. The summed E-state index contributed by atoms with van der Waals surface area (Å²) < 4.78 is 14.5. The second kappa shape index (κ2) is 5.96. The molecule has 4 N–H and O–H groups in total. The molecule has 1 aliphatic carbocycles. The Morgan fingerprint density at radius 1 is 1.25 bits per heavy atom. The molecule has 2 aromatic rings. The monoisotopic (exact) mass is 328 g/mol. The molecule has 0 saturated heterocycles. The predicted molar refractivity (Wildman–Crippen MR) is 87.2 cm³/mol. The molecule has 6 heteroatoms. The Morgan fingerprint density at radius 3 is 2.58 bits per heavy atom. The summed E-state index contributed by atoms with van der Waals surface area (Å²) in [6.07, 6.45) is 1.91. The number of carbonyl (C=O) groups is 2. The van der Waals surface area contributed by atoms with Crippen LogP contribution in [0.5, 0.6) is 5.75 Å². The SMILES string of the molecule is Cc1ccc(C(=O)NC2CC2)cc1-c1c(C(N)=O)ccc(O)c1F. The Morgan fingerprint density at radius 2 is 1.96 bits per heavy atom. The van der Waals surface area contributed by atoms with Gasteiger partial charge in [-0.1, -0.05) is 6.07 Å². The second-order valence-corrected chi connectivity index (χ2v) is 5.96. The van der Waals surface area contributed by atoms with Crippen molar-refractivity contribution in [2.75, 3.05) is 0 Å². The first-order valence-electron chi connectivity index (χ1n) is 7.61. The van der Waals surface area contributed by atoms with Gasteiger partial charge in [0.05, 0.1) is 5.56 Å². The van der Waals surface area contributed by atoms with E-state index in [1.165, 1.54) is 12.1 Å². The molecular weight excluding hydrogens is 311 g/mol. The molecule has 1 aliphatic rings. The van der Waals surface area contributed by atoms with Crippen LogP contribution in [0.2, 0.25) is 0 Å². The van der Waals surface area contributed by atoms with Crippen molar-refractivity contribution in [1.29, 1.82) is 0 Å². The van der Waals surface area contributed by atoms with Gasteiger partial charge in [0.1, 0.15) is 0 Å². The smallest absolute Gasteiger partial charge is 0.251 e. The highest BCUT2D eigenvalue weighted by Gasteiger charge is 2.25. The third kappa shape index (κ3) is 2.95. The van der Waals surface area contributed by atoms with Gasteiger partial charge in [-0.2, -0.15) is 0 Å². The number of carbonyl (C=O) groups excluding carboxylic acids is 2. The molecule has 0 unspecified atom stereocenters. The number of hydrogen-bond donors (Lipinski definition) is 3. The van der Waals surface area contributed by atoms with E-state index < -0.39 is 17.5 Å². The number of halogens is 1. The summed E-state index contributed by atoms with van der Waals surface area (Å²) in [5.41, 5.74) is 6.55. The molecular formula is C18H17FN2O3. The Balaban J connectivity index is 2.13. The number of primary amides is 1. The van der Waals surface area contributed by atoms with Crippen molar-refractivity contribution in [2.24, 2.45) is 5.73 Å². The van der Waals surface area contributed by atoms with Crippen molar-refractivity contribution in [3.63, 3.8) is 0 Å². The van der Waals surface area contributed by atoms with Crippen LogP contribution in [-0.4, -0.2) is 23.0 Å². The quantitative estimate of drug-likeness (QED) is 0.805. The number of benzene rings is 2. The van der Waals surface area contributed by atoms with E-state index in [9.17, 15) is 19.1 Å². The van der Waals surface area contributed by atoms with Gasteiger partial charge in [-0.05, 0) is 55.2 Å². The number of phenolic OH excluding ortho intramolecular Hbond substituents is 1. The fourth-order valence-electron chi connectivity index (χ4n) is 2.56. The zero-order chi connectivity index (χ0) is 17.4. The third-order valence-corrected chi connectivity index (χ3v) is 4.07. The van der Waals surface area contributed by atoms with Crippen molar-refractivity contribution in [1.82, 2.24) is 5.32 Å². The van der Waals surface area contributed by atoms with Gasteiger partial charge in [0.25, 0.3) is 5.91 Å². The standard InChI is InChI=1S/C18H17FN2O3/c1-9-2-3-10(18(24)21-11-4-5-11)8-13(9)15-12(17(20)23)6-7-14(22)16(15)19/h2-3,6-8,11,22H,4-5H2,1H3,(H2,20,23)(H,21,24).